The smallest absolute Gasteiger partial charge is 0.222 e. The molecule has 74 valence electrons. The van der Waals surface area contributed by atoms with Gasteiger partial charge in [0.25, 0.3) is 0 Å². The molecule has 0 saturated carbocycles. The number of piperidine rings is 1. The van der Waals surface area contributed by atoms with Crippen LogP contribution in [0.4, 0.5) is 11.6 Å². The second kappa shape index (κ2) is 2.83. The molecule has 4 nitrogen and oxygen atoms in total. The number of fused-ring (bicyclic) bond motifs is 2. The van der Waals surface area contributed by atoms with E-state index in [9.17, 15) is 0 Å². The molecule has 1 aromatic rings. The van der Waals surface area contributed by atoms with Gasteiger partial charge in [-0.3, -0.25) is 0 Å². The van der Waals surface area contributed by atoms with Crippen LogP contribution in [-0.4, -0.2) is 30.1 Å². The third-order valence-corrected chi connectivity index (χ3v) is 3.24. The number of hydrogen-bond donors (Lipinski definition) is 1. The number of nitrogens with zero attached hydrogens (tertiary/aromatic N) is 3. The summed E-state index contributed by atoms with van der Waals surface area (Å²) in [6.45, 7) is 2.36. The Morgan fingerprint density at radius 1 is 1.43 bits per heavy atom. The molecule has 4 rings (SSSR count). The van der Waals surface area contributed by atoms with E-state index in [0.29, 0.717) is 5.92 Å². The van der Waals surface area contributed by atoms with Gasteiger partial charge in [0.1, 0.15) is 0 Å². The molecule has 0 spiro atoms. The van der Waals surface area contributed by atoms with E-state index in [0.717, 1.165) is 5.95 Å². The lowest BCUT2D eigenvalue weighted by molar-refractivity contribution is 0.463. The maximum absolute atomic E-state index is 4.55. The zero-order valence-electron chi connectivity index (χ0n) is 8.32. The van der Waals surface area contributed by atoms with Gasteiger partial charge in [0.2, 0.25) is 5.95 Å². The van der Waals surface area contributed by atoms with Gasteiger partial charge in [-0.05, 0) is 12.8 Å². The summed E-state index contributed by atoms with van der Waals surface area (Å²) < 4.78 is 0. The standard InChI is InChI=1S/C10H14N4/c1-11-10-12-6-8-9(13-10)7-2-4-14(8)5-3-7/h6-7H,2-5H2,1H3,(H,11,12,13). The monoisotopic (exact) mass is 190 g/mol. The van der Waals surface area contributed by atoms with Crippen LogP contribution in [-0.2, 0) is 0 Å². The summed E-state index contributed by atoms with van der Waals surface area (Å²) in [5.41, 5.74) is 2.51. The summed E-state index contributed by atoms with van der Waals surface area (Å²) in [6, 6.07) is 0. The van der Waals surface area contributed by atoms with Crippen LogP contribution in [0.3, 0.4) is 0 Å². The first-order valence-corrected chi connectivity index (χ1v) is 5.18. The zero-order chi connectivity index (χ0) is 9.54. The largest absolute Gasteiger partial charge is 0.369 e. The normalized spacial score (nSPS) is 19.6. The van der Waals surface area contributed by atoms with Crippen LogP contribution in [0.5, 0.6) is 0 Å². The number of anilines is 2. The van der Waals surface area contributed by atoms with Crippen molar-refractivity contribution in [1.29, 1.82) is 0 Å². The number of hydrogen-bond acceptors (Lipinski definition) is 4. The first-order chi connectivity index (χ1) is 6.88. The first kappa shape index (κ1) is 8.03. The van der Waals surface area contributed by atoms with Gasteiger partial charge < -0.3 is 10.2 Å². The topological polar surface area (TPSA) is 41.1 Å². The lowest BCUT2D eigenvalue weighted by atomic mass is 9.87. The van der Waals surface area contributed by atoms with E-state index in [1.165, 1.54) is 37.3 Å². The quantitative estimate of drug-likeness (QED) is 0.722. The Balaban J connectivity index is 2.11. The highest BCUT2D eigenvalue weighted by molar-refractivity contribution is 5.56. The van der Waals surface area contributed by atoms with Gasteiger partial charge in [-0.1, -0.05) is 0 Å². The van der Waals surface area contributed by atoms with Crippen LogP contribution < -0.4 is 10.2 Å². The molecule has 3 aliphatic heterocycles. The lowest BCUT2D eigenvalue weighted by Gasteiger charge is -2.40. The summed E-state index contributed by atoms with van der Waals surface area (Å²) in [6.07, 6.45) is 4.47. The fourth-order valence-corrected chi connectivity index (χ4v) is 2.45. The van der Waals surface area contributed by atoms with Gasteiger partial charge >= 0.3 is 0 Å². The molecule has 14 heavy (non-hydrogen) atoms. The van der Waals surface area contributed by atoms with Crippen LogP contribution in [0.2, 0.25) is 0 Å². The van der Waals surface area contributed by atoms with E-state index >= 15 is 0 Å². The molecular weight excluding hydrogens is 176 g/mol. The molecule has 1 aromatic heterocycles. The van der Waals surface area contributed by atoms with Crippen LogP contribution >= 0.6 is 0 Å². The lowest BCUT2D eigenvalue weighted by Crippen LogP contribution is -2.39. The SMILES string of the molecule is CNc1ncc2c(n1)C1CCN2CC1. The molecule has 4 heteroatoms. The van der Waals surface area contributed by atoms with E-state index in [1.807, 2.05) is 13.2 Å². The van der Waals surface area contributed by atoms with Crippen molar-refractivity contribution < 1.29 is 0 Å². The predicted octanol–water partition coefficient (Wildman–Crippen LogP) is 1.22. The fourth-order valence-electron chi connectivity index (χ4n) is 2.45. The van der Waals surface area contributed by atoms with Gasteiger partial charge in [-0.25, -0.2) is 9.97 Å². The molecule has 0 amide bonds. The molecule has 1 saturated heterocycles. The minimum absolute atomic E-state index is 0.671. The van der Waals surface area contributed by atoms with Crippen LogP contribution in [0.25, 0.3) is 0 Å². The Hall–Kier alpha value is -1.32. The third kappa shape index (κ3) is 0.997. The van der Waals surface area contributed by atoms with Crippen LogP contribution in [0, 0.1) is 0 Å². The Kier molecular flexibility index (Phi) is 1.63. The van der Waals surface area contributed by atoms with Gasteiger partial charge in [-0.2, -0.15) is 0 Å². The molecule has 2 bridgehead atoms. The maximum Gasteiger partial charge on any atom is 0.222 e. The zero-order valence-corrected chi connectivity index (χ0v) is 8.32. The second-order valence-corrected chi connectivity index (χ2v) is 3.98. The Morgan fingerprint density at radius 2 is 2.21 bits per heavy atom. The minimum Gasteiger partial charge on any atom is -0.369 e. The van der Waals surface area contributed by atoms with Gasteiger partial charge in [0.05, 0.1) is 17.6 Å². The van der Waals surface area contributed by atoms with E-state index in [2.05, 4.69) is 20.2 Å². The summed E-state index contributed by atoms with van der Waals surface area (Å²) in [5, 5.41) is 3.00. The first-order valence-electron chi connectivity index (χ1n) is 5.18. The van der Waals surface area contributed by atoms with Crippen molar-refractivity contribution in [3.63, 3.8) is 0 Å². The summed E-state index contributed by atoms with van der Waals surface area (Å²) in [7, 11) is 1.86. The van der Waals surface area contributed by atoms with Gasteiger partial charge in [0, 0.05) is 26.1 Å². The van der Waals surface area contributed by atoms with Crippen molar-refractivity contribution in [2.45, 2.75) is 18.8 Å². The Labute approximate surface area is 83.4 Å². The maximum atomic E-state index is 4.55. The minimum atomic E-state index is 0.671. The number of rotatable bonds is 1. The van der Waals surface area contributed by atoms with E-state index in [4.69, 9.17) is 0 Å². The van der Waals surface area contributed by atoms with Crippen LogP contribution in [0.15, 0.2) is 6.20 Å². The number of aromatic nitrogens is 2. The van der Waals surface area contributed by atoms with Crippen LogP contribution in [0.1, 0.15) is 24.5 Å². The Morgan fingerprint density at radius 3 is 2.93 bits per heavy atom. The molecular formula is C10H14N4. The molecule has 1 fully saturated rings. The molecule has 1 N–H and O–H groups in total. The van der Waals surface area contributed by atoms with Crippen molar-refractivity contribution in [3.05, 3.63) is 11.9 Å². The third-order valence-electron chi connectivity index (χ3n) is 3.24. The molecule has 3 aliphatic rings. The summed E-state index contributed by atoms with van der Waals surface area (Å²) in [4.78, 5) is 11.2. The number of nitrogens with one attached hydrogen (secondary N) is 1. The molecule has 0 radical (unpaired) electrons. The molecule has 0 unspecified atom stereocenters. The predicted molar refractivity (Wildman–Crippen MR) is 55.8 cm³/mol. The highest BCUT2D eigenvalue weighted by Gasteiger charge is 2.32. The Bertz CT molecular complexity index is 355. The van der Waals surface area contributed by atoms with Crippen molar-refractivity contribution in [2.24, 2.45) is 0 Å². The highest BCUT2D eigenvalue weighted by Crippen LogP contribution is 2.40. The van der Waals surface area contributed by atoms with E-state index < -0.39 is 0 Å². The van der Waals surface area contributed by atoms with E-state index in [-0.39, 0.29) is 0 Å². The van der Waals surface area contributed by atoms with Crippen molar-refractivity contribution in [2.75, 3.05) is 30.4 Å². The summed E-state index contributed by atoms with van der Waals surface area (Å²) in [5.74, 6) is 1.42. The second-order valence-electron chi connectivity index (χ2n) is 3.98. The van der Waals surface area contributed by atoms with Crippen molar-refractivity contribution in [3.8, 4) is 0 Å². The molecule has 4 heterocycles. The summed E-state index contributed by atoms with van der Waals surface area (Å²) >= 11 is 0. The molecule has 0 aliphatic carbocycles. The molecule has 0 aromatic carbocycles. The molecule has 0 atom stereocenters. The average Bonchev–Trinajstić information content (AvgIpc) is 2.30. The van der Waals surface area contributed by atoms with E-state index in [1.54, 1.807) is 0 Å². The van der Waals surface area contributed by atoms with Crippen molar-refractivity contribution >= 4 is 11.6 Å². The average molecular weight is 190 g/mol. The van der Waals surface area contributed by atoms with Gasteiger partial charge in [0.15, 0.2) is 0 Å². The van der Waals surface area contributed by atoms with Gasteiger partial charge in [-0.15, -0.1) is 0 Å². The highest BCUT2D eigenvalue weighted by atomic mass is 15.2. The fraction of sp³-hybridized carbons (Fsp3) is 0.600. The van der Waals surface area contributed by atoms with Crippen molar-refractivity contribution in [1.82, 2.24) is 9.97 Å².